The van der Waals surface area contributed by atoms with Crippen molar-refractivity contribution in [3.63, 3.8) is 0 Å². The number of anilines is 1. The van der Waals surface area contributed by atoms with E-state index in [2.05, 4.69) is 19.1 Å². The number of rotatable bonds is 2. The van der Waals surface area contributed by atoms with Crippen LogP contribution < -0.4 is 5.73 Å². The van der Waals surface area contributed by atoms with Crippen molar-refractivity contribution in [2.24, 2.45) is 0 Å². The highest BCUT2D eigenvalue weighted by Crippen LogP contribution is 2.06. The molecule has 1 rings (SSSR count). The lowest BCUT2D eigenvalue weighted by Gasteiger charge is -1.97. The SMILES string of the molecule is CC(=O)O.CCCc1ccc(N)cc1. The minimum Gasteiger partial charge on any atom is -0.481 e. The molecule has 0 aromatic heterocycles. The lowest BCUT2D eigenvalue weighted by atomic mass is 10.1. The van der Waals surface area contributed by atoms with E-state index in [1.54, 1.807) is 0 Å². The van der Waals surface area contributed by atoms with E-state index in [0.29, 0.717) is 0 Å². The lowest BCUT2D eigenvalue weighted by Crippen LogP contribution is -1.86. The number of aliphatic carboxylic acids is 1. The molecular weight excluding hydrogens is 178 g/mol. The average molecular weight is 195 g/mol. The highest BCUT2D eigenvalue weighted by Gasteiger charge is 1.88. The Kier molecular flexibility index (Phi) is 6.20. The minimum atomic E-state index is -0.833. The van der Waals surface area contributed by atoms with Crippen LogP contribution in [0.5, 0.6) is 0 Å². The van der Waals surface area contributed by atoms with Gasteiger partial charge in [0.2, 0.25) is 0 Å². The topological polar surface area (TPSA) is 63.3 Å². The van der Waals surface area contributed by atoms with Crippen LogP contribution in [0.2, 0.25) is 0 Å². The summed E-state index contributed by atoms with van der Waals surface area (Å²) in [7, 11) is 0. The van der Waals surface area contributed by atoms with E-state index in [0.717, 1.165) is 19.0 Å². The second-order valence-corrected chi connectivity index (χ2v) is 3.01. The molecule has 1 aromatic carbocycles. The third-order valence-electron chi connectivity index (χ3n) is 1.52. The van der Waals surface area contributed by atoms with Crippen LogP contribution in [0.4, 0.5) is 5.69 Å². The van der Waals surface area contributed by atoms with E-state index in [1.165, 1.54) is 12.0 Å². The van der Waals surface area contributed by atoms with Crippen molar-refractivity contribution in [1.82, 2.24) is 0 Å². The molecule has 3 heteroatoms. The van der Waals surface area contributed by atoms with Gasteiger partial charge in [0.25, 0.3) is 5.97 Å². The van der Waals surface area contributed by atoms with E-state index in [9.17, 15) is 0 Å². The summed E-state index contributed by atoms with van der Waals surface area (Å²) in [5.41, 5.74) is 7.74. The Morgan fingerprint density at radius 2 is 1.79 bits per heavy atom. The summed E-state index contributed by atoms with van der Waals surface area (Å²) in [5.74, 6) is -0.833. The van der Waals surface area contributed by atoms with Gasteiger partial charge in [-0.05, 0) is 24.1 Å². The van der Waals surface area contributed by atoms with Gasteiger partial charge in [-0.2, -0.15) is 0 Å². The Labute approximate surface area is 84.6 Å². The average Bonchev–Trinajstić information content (AvgIpc) is 2.08. The minimum absolute atomic E-state index is 0.833. The van der Waals surface area contributed by atoms with E-state index in [4.69, 9.17) is 15.6 Å². The summed E-state index contributed by atoms with van der Waals surface area (Å²) in [6.07, 6.45) is 2.35. The van der Waals surface area contributed by atoms with E-state index in [1.807, 2.05) is 12.1 Å². The molecule has 0 spiro atoms. The number of nitrogen functional groups attached to an aromatic ring is 1. The van der Waals surface area contributed by atoms with Crippen LogP contribution in [-0.4, -0.2) is 11.1 Å². The Morgan fingerprint density at radius 3 is 2.14 bits per heavy atom. The number of hydrogen-bond donors (Lipinski definition) is 2. The number of carboxylic acid groups (broad SMARTS) is 1. The summed E-state index contributed by atoms with van der Waals surface area (Å²) in [4.78, 5) is 9.00. The van der Waals surface area contributed by atoms with Crippen LogP contribution in [0, 0.1) is 0 Å². The van der Waals surface area contributed by atoms with Crippen LogP contribution in [0.3, 0.4) is 0 Å². The van der Waals surface area contributed by atoms with Gasteiger partial charge in [-0.25, -0.2) is 0 Å². The summed E-state index contributed by atoms with van der Waals surface area (Å²) >= 11 is 0. The van der Waals surface area contributed by atoms with E-state index in [-0.39, 0.29) is 0 Å². The fourth-order valence-corrected chi connectivity index (χ4v) is 0.973. The molecule has 0 fully saturated rings. The summed E-state index contributed by atoms with van der Waals surface area (Å²) in [6, 6.07) is 8.06. The molecule has 0 saturated carbocycles. The zero-order valence-electron chi connectivity index (χ0n) is 8.66. The molecule has 0 aliphatic rings. The Balaban J connectivity index is 0.000000364. The van der Waals surface area contributed by atoms with Crippen molar-refractivity contribution in [3.05, 3.63) is 29.8 Å². The molecule has 14 heavy (non-hydrogen) atoms. The molecule has 0 bridgehead atoms. The zero-order chi connectivity index (χ0) is 11.0. The van der Waals surface area contributed by atoms with Gasteiger partial charge in [0.05, 0.1) is 0 Å². The highest BCUT2D eigenvalue weighted by molar-refractivity contribution is 5.62. The summed E-state index contributed by atoms with van der Waals surface area (Å²) < 4.78 is 0. The standard InChI is InChI=1S/C9H13N.C2H4O2/c1-2-3-8-4-6-9(10)7-5-8;1-2(3)4/h4-7H,2-3,10H2,1H3;1H3,(H,3,4). The van der Waals surface area contributed by atoms with Gasteiger partial charge in [-0.3, -0.25) is 4.79 Å². The first-order valence-corrected chi connectivity index (χ1v) is 4.60. The molecule has 0 atom stereocenters. The van der Waals surface area contributed by atoms with Crippen LogP contribution >= 0.6 is 0 Å². The fourth-order valence-electron chi connectivity index (χ4n) is 0.973. The molecule has 3 nitrogen and oxygen atoms in total. The molecule has 0 saturated heterocycles. The molecule has 0 unspecified atom stereocenters. The number of carbonyl (C=O) groups is 1. The molecular formula is C11H17NO2. The van der Waals surface area contributed by atoms with Gasteiger partial charge in [-0.1, -0.05) is 25.5 Å². The molecule has 0 amide bonds. The van der Waals surface area contributed by atoms with Crippen LogP contribution in [0.15, 0.2) is 24.3 Å². The van der Waals surface area contributed by atoms with Crippen molar-refractivity contribution in [2.75, 3.05) is 5.73 Å². The van der Waals surface area contributed by atoms with Crippen molar-refractivity contribution in [3.8, 4) is 0 Å². The lowest BCUT2D eigenvalue weighted by molar-refractivity contribution is -0.134. The number of hydrogen-bond acceptors (Lipinski definition) is 2. The second-order valence-electron chi connectivity index (χ2n) is 3.01. The summed E-state index contributed by atoms with van der Waals surface area (Å²) in [5, 5.41) is 7.42. The van der Waals surface area contributed by atoms with Gasteiger partial charge in [0.15, 0.2) is 0 Å². The van der Waals surface area contributed by atoms with Gasteiger partial charge in [0, 0.05) is 12.6 Å². The van der Waals surface area contributed by atoms with Crippen molar-refractivity contribution in [1.29, 1.82) is 0 Å². The number of aryl methyl sites for hydroxylation is 1. The Hall–Kier alpha value is -1.51. The van der Waals surface area contributed by atoms with Gasteiger partial charge >= 0.3 is 0 Å². The number of benzene rings is 1. The van der Waals surface area contributed by atoms with Crippen LogP contribution in [0.1, 0.15) is 25.8 Å². The van der Waals surface area contributed by atoms with Gasteiger partial charge in [0.1, 0.15) is 0 Å². The largest absolute Gasteiger partial charge is 0.481 e. The van der Waals surface area contributed by atoms with E-state index < -0.39 is 5.97 Å². The quantitative estimate of drug-likeness (QED) is 0.712. The third kappa shape index (κ3) is 7.16. The first-order valence-electron chi connectivity index (χ1n) is 4.60. The Morgan fingerprint density at radius 1 is 1.36 bits per heavy atom. The molecule has 78 valence electrons. The molecule has 0 aliphatic carbocycles. The number of nitrogens with two attached hydrogens (primary N) is 1. The normalized spacial score (nSPS) is 8.71. The van der Waals surface area contributed by atoms with Gasteiger partial charge in [-0.15, -0.1) is 0 Å². The van der Waals surface area contributed by atoms with Crippen molar-refractivity contribution < 1.29 is 9.90 Å². The predicted octanol–water partition coefficient (Wildman–Crippen LogP) is 2.31. The van der Waals surface area contributed by atoms with Crippen molar-refractivity contribution in [2.45, 2.75) is 26.7 Å². The maximum atomic E-state index is 9.00. The van der Waals surface area contributed by atoms with Crippen molar-refractivity contribution >= 4 is 11.7 Å². The second kappa shape index (κ2) is 6.95. The fraction of sp³-hybridized carbons (Fsp3) is 0.364. The highest BCUT2D eigenvalue weighted by atomic mass is 16.4. The van der Waals surface area contributed by atoms with Crippen LogP contribution in [-0.2, 0) is 11.2 Å². The Bertz CT molecular complexity index is 263. The third-order valence-corrected chi connectivity index (χ3v) is 1.52. The first-order chi connectivity index (χ1) is 6.56. The smallest absolute Gasteiger partial charge is 0.300 e. The van der Waals surface area contributed by atoms with Crippen LogP contribution in [0.25, 0.3) is 0 Å². The summed E-state index contributed by atoms with van der Waals surface area (Å²) in [6.45, 7) is 3.26. The predicted molar refractivity (Wildman–Crippen MR) is 58.2 cm³/mol. The molecule has 0 heterocycles. The zero-order valence-corrected chi connectivity index (χ0v) is 8.66. The molecule has 3 N–H and O–H groups in total. The molecule has 0 aliphatic heterocycles. The first kappa shape index (κ1) is 12.5. The maximum absolute atomic E-state index is 9.00. The monoisotopic (exact) mass is 195 g/mol. The van der Waals surface area contributed by atoms with Gasteiger partial charge < -0.3 is 10.8 Å². The van der Waals surface area contributed by atoms with E-state index >= 15 is 0 Å². The molecule has 0 radical (unpaired) electrons. The number of carboxylic acids is 1. The maximum Gasteiger partial charge on any atom is 0.300 e. The molecule has 1 aromatic rings.